The van der Waals surface area contributed by atoms with Gasteiger partial charge in [-0.15, -0.1) is 0 Å². The first-order chi connectivity index (χ1) is 10.8. The van der Waals surface area contributed by atoms with Crippen LogP contribution < -0.4 is 10.4 Å². The van der Waals surface area contributed by atoms with Crippen molar-refractivity contribution in [1.82, 2.24) is 0 Å². The maximum atomic E-state index is 11.8. The first-order valence-corrected chi connectivity index (χ1v) is 8.32. The van der Waals surface area contributed by atoms with Crippen molar-refractivity contribution in [1.29, 1.82) is 0 Å². The molecule has 23 heavy (non-hydrogen) atoms. The predicted molar refractivity (Wildman–Crippen MR) is 85.9 cm³/mol. The van der Waals surface area contributed by atoms with E-state index in [0.29, 0.717) is 34.5 Å². The van der Waals surface area contributed by atoms with Crippen molar-refractivity contribution in [2.24, 2.45) is 17.3 Å². The number of hydrogen-bond donors (Lipinski definition) is 1. The first kappa shape index (κ1) is 13.5. The summed E-state index contributed by atoms with van der Waals surface area (Å²) in [6, 6.07) is 4.69. The van der Waals surface area contributed by atoms with Crippen LogP contribution in [0.2, 0.25) is 0 Å². The molecule has 0 spiro atoms. The first-order valence-electron chi connectivity index (χ1n) is 8.32. The van der Waals surface area contributed by atoms with Gasteiger partial charge in [-0.2, -0.15) is 0 Å². The van der Waals surface area contributed by atoms with Gasteiger partial charge < -0.3 is 14.3 Å². The Hall–Kier alpha value is -1.97. The van der Waals surface area contributed by atoms with Crippen LogP contribution in [0.5, 0.6) is 11.5 Å². The largest absolute Gasteiger partial charge is 0.507 e. The number of phenolic OH excluding ortho intramolecular Hbond substituents is 1. The summed E-state index contributed by atoms with van der Waals surface area (Å²) in [6.45, 7) is 6.80. The van der Waals surface area contributed by atoms with E-state index in [0.717, 1.165) is 12.0 Å². The second kappa shape index (κ2) is 3.74. The highest BCUT2D eigenvalue weighted by atomic mass is 16.5. The number of rotatable bonds is 0. The second-order valence-corrected chi connectivity index (χ2v) is 8.19. The van der Waals surface area contributed by atoms with Crippen molar-refractivity contribution in [2.75, 3.05) is 0 Å². The van der Waals surface area contributed by atoms with Crippen molar-refractivity contribution >= 4 is 11.0 Å². The summed E-state index contributed by atoms with van der Waals surface area (Å²) in [4.78, 5) is 11.8. The fourth-order valence-corrected chi connectivity index (χ4v) is 5.72. The van der Waals surface area contributed by atoms with E-state index in [1.807, 2.05) is 0 Å². The maximum absolute atomic E-state index is 11.8. The van der Waals surface area contributed by atoms with Gasteiger partial charge in [-0.05, 0) is 37.2 Å². The Balaban J connectivity index is 1.87. The van der Waals surface area contributed by atoms with Gasteiger partial charge in [-0.25, -0.2) is 4.79 Å². The Bertz CT molecular complexity index is 909. The van der Waals surface area contributed by atoms with Crippen molar-refractivity contribution in [3.63, 3.8) is 0 Å². The molecule has 1 aromatic carbocycles. The van der Waals surface area contributed by atoms with Crippen LogP contribution in [0, 0.1) is 17.3 Å². The number of hydrogen-bond acceptors (Lipinski definition) is 4. The molecule has 1 N–H and O–H groups in total. The third kappa shape index (κ3) is 1.41. The fraction of sp³-hybridized carbons (Fsp3) is 0.526. The molecule has 1 aromatic heterocycles. The highest BCUT2D eigenvalue weighted by Crippen LogP contribution is 2.74. The lowest BCUT2D eigenvalue weighted by Gasteiger charge is -2.62. The van der Waals surface area contributed by atoms with E-state index in [4.69, 9.17) is 9.15 Å². The van der Waals surface area contributed by atoms with E-state index in [-0.39, 0.29) is 16.8 Å². The van der Waals surface area contributed by atoms with E-state index in [2.05, 4.69) is 20.8 Å². The quantitative estimate of drug-likeness (QED) is 0.752. The topological polar surface area (TPSA) is 59.7 Å². The Morgan fingerprint density at radius 1 is 1.26 bits per heavy atom. The van der Waals surface area contributed by atoms with Crippen LogP contribution in [0.1, 0.15) is 45.1 Å². The second-order valence-electron chi connectivity index (χ2n) is 8.19. The molecule has 2 fully saturated rings. The molecule has 0 saturated heterocycles. The molecule has 2 heterocycles. The van der Waals surface area contributed by atoms with Gasteiger partial charge in [0.1, 0.15) is 22.7 Å². The van der Waals surface area contributed by atoms with Crippen LogP contribution in [-0.2, 0) is 0 Å². The Morgan fingerprint density at radius 3 is 2.83 bits per heavy atom. The standard InChI is InChI=1S/C19H20O4/c1-18(2)10-6-7-19(3)15(10)16(18)14-12(23-19)8-11(20)9-4-5-13(21)22-17(9)14/h4-5,8,10,15-16,20H,6-7H2,1-3H3/t10-,15+,16+,19+/m0/s1. The van der Waals surface area contributed by atoms with E-state index in [1.165, 1.54) is 12.5 Å². The lowest BCUT2D eigenvalue weighted by atomic mass is 9.45. The predicted octanol–water partition coefficient (Wildman–Crippen LogP) is 3.80. The van der Waals surface area contributed by atoms with Crippen molar-refractivity contribution in [3.8, 4) is 11.5 Å². The molecule has 0 unspecified atom stereocenters. The normalized spacial score (nSPS) is 36.0. The van der Waals surface area contributed by atoms with Gasteiger partial charge in [0.15, 0.2) is 0 Å². The van der Waals surface area contributed by atoms with Crippen LogP contribution in [-0.4, -0.2) is 10.7 Å². The average Bonchev–Trinajstić information content (AvgIpc) is 2.81. The summed E-state index contributed by atoms with van der Waals surface area (Å²) in [7, 11) is 0. The lowest BCUT2D eigenvalue weighted by Crippen LogP contribution is -2.59. The molecular weight excluding hydrogens is 292 g/mol. The number of phenols is 1. The van der Waals surface area contributed by atoms with Crippen LogP contribution in [0.25, 0.3) is 11.0 Å². The summed E-state index contributed by atoms with van der Waals surface area (Å²) in [6.07, 6.45) is 2.21. The van der Waals surface area contributed by atoms with E-state index in [1.54, 1.807) is 12.1 Å². The highest BCUT2D eigenvalue weighted by Gasteiger charge is 2.69. The Kier molecular flexibility index (Phi) is 2.19. The maximum Gasteiger partial charge on any atom is 0.336 e. The smallest absolute Gasteiger partial charge is 0.336 e. The zero-order valence-electron chi connectivity index (χ0n) is 13.6. The molecule has 4 nitrogen and oxygen atoms in total. The van der Waals surface area contributed by atoms with Gasteiger partial charge in [0, 0.05) is 29.5 Å². The van der Waals surface area contributed by atoms with E-state index in [9.17, 15) is 9.90 Å². The molecule has 4 heteroatoms. The van der Waals surface area contributed by atoms with Gasteiger partial charge in [0.05, 0.1) is 5.39 Å². The highest BCUT2D eigenvalue weighted by molar-refractivity contribution is 5.89. The number of aromatic hydroxyl groups is 1. The van der Waals surface area contributed by atoms with Gasteiger partial charge in [-0.3, -0.25) is 0 Å². The van der Waals surface area contributed by atoms with Gasteiger partial charge in [-0.1, -0.05) is 13.8 Å². The molecule has 2 aromatic rings. The summed E-state index contributed by atoms with van der Waals surface area (Å²) >= 11 is 0. The molecule has 120 valence electrons. The van der Waals surface area contributed by atoms with E-state index >= 15 is 0 Å². The molecule has 2 saturated carbocycles. The molecule has 0 bridgehead atoms. The minimum Gasteiger partial charge on any atom is -0.507 e. The van der Waals surface area contributed by atoms with Gasteiger partial charge in [0.25, 0.3) is 0 Å². The molecule has 0 amide bonds. The molecule has 5 rings (SSSR count). The summed E-state index contributed by atoms with van der Waals surface area (Å²) in [5.74, 6) is 2.20. The van der Waals surface area contributed by atoms with Crippen molar-refractivity contribution in [2.45, 2.75) is 45.1 Å². The van der Waals surface area contributed by atoms with Gasteiger partial charge >= 0.3 is 5.63 Å². The number of benzene rings is 1. The lowest BCUT2D eigenvalue weighted by molar-refractivity contribution is -0.119. The molecule has 3 aliphatic rings. The number of fused-ring (bicyclic) bond motifs is 4. The Labute approximate surface area is 134 Å². The minimum atomic E-state index is -0.390. The summed E-state index contributed by atoms with van der Waals surface area (Å²) < 4.78 is 11.9. The molecule has 2 aliphatic carbocycles. The third-order valence-corrected chi connectivity index (χ3v) is 6.75. The molecular formula is C19H20O4. The molecule has 4 atom stereocenters. The SMILES string of the molecule is CC1(C)[C@@H]2c3c(cc(O)c4ccc(=O)oc34)O[C@]3(C)CC[C@H]1[C@H]23. The van der Waals surface area contributed by atoms with Gasteiger partial charge in [0.2, 0.25) is 0 Å². The zero-order chi connectivity index (χ0) is 16.1. The third-order valence-electron chi connectivity index (χ3n) is 6.75. The number of ether oxygens (including phenoxy) is 1. The van der Waals surface area contributed by atoms with Crippen LogP contribution in [0.4, 0.5) is 0 Å². The van der Waals surface area contributed by atoms with Crippen molar-refractivity contribution < 1.29 is 14.3 Å². The van der Waals surface area contributed by atoms with E-state index < -0.39 is 5.63 Å². The average molecular weight is 312 g/mol. The monoisotopic (exact) mass is 312 g/mol. The van der Waals surface area contributed by atoms with Crippen LogP contribution in [0.3, 0.4) is 0 Å². The molecule has 1 aliphatic heterocycles. The molecule has 0 radical (unpaired) electrons. The zero-order valence-corrected chi connectivity index (χ0v) is 13.6. The van der Waals surface area contributed by atoms with Crippen molar-refractivity contribution in [3.05, 3.63) is 34.2 Å². The van der Waals surface area contributed by atoms with Crippen LogP contribution >= 0.6 is 0 Å². The Morgan fingerprint density at radius 2 is 2.04 bits per heavy atom. The summed E-state index contributed by atoms with van der Waals surface area (Å²) in [5.41, 5.74) is 1.06. The minimum absolute atomic E-state index is 0.108. The summed E-state index contributed by atoms with van der Waals surface area (Å²) in [5, 5.41) is 10.9. The van der Waals surface area contributed by atoms with Crippen LogP contribution in [0.15, 0.2) is 27.4 Å². The fourth-order valence-electron chi connectivity index (χ4n) is 5.72.